The predicted molar refractivity (Wildman–Crippen MR) is 79.4 cm³/mol. The zero-order chi connectivity index (χ0) is 14.7. The quantitative estimate of drug-likeness (QED) is 0.919. The van der Waals surface area contributed by atoms with Crippen molar-refractivity contribution in [3.63, 3.8) is 0 Å². The molecule has 0 aliphatic carbocycles. The van der Waals surface area contributed by atoms with Crippen molar-refractivity contribution in [1.82, 2.24) is 9.88 Å². The van der Waals surface area contributed by atoms with E-state index in [1.807, 2.05) is 38.3 Å². The zero-order valence-electron chi connectivity index (χ0n) is 11.9. The Morgan fingerprint density at radius 3 is 2.75 bits per heavy atom. The molecular weight excluding hydrogens is 274 g/mol. The van der Waals surface area contributed by atoms with Gasteiger partial charge in [0.15, 0.2) is 5.13 Å². The molecule has 0 fully saturated rings. The van der Waals surface area contributed by atoms with E-state index in [9.17, 15) is 4.79 Å². The molecule has 0 saturated heterocycles. The van der Waals surface area contributed by atoms with E-state index < -0.39 is 0 Å². The number of aromatic nitrogens is 1. The Kier molecular flexibility index (Phi) is 4.44. The first kappa shape index (κ1) is 14.6. The minimum atomic E-state index is 0.0272. The highest BCUT2D eigenvalue weighted by molar-refractivity contribution is 7.13. The molecule has 20 heavy (non-hydrogen) atoms. The first-order chi connectivity index (χ1) is 9.45. The molecule has 108 valence electrons. The number of carbonyl (C=O) groups excluding carboxylic acids is 1. The van der Waals surface area contributed by atoms with Gasteiger partial charge in [0.2, 0.25) is 5.91 Å². The van der Waals surface area contributed by atoms with Crippen LogP contribution in [0.5, 0.6) is 0 Å². The average Bonchev–Trinajstić information content (AvgIpc) is 2.95. The number of nitrogens with zero attached hydrogens (tertiary/aromatic N) is 2. The molecule has 2 aromatic heterocycles. The lowest BCUT2D eigenvalue weighted by molar-refractivity contribution is -0.133. The summed E-state index contributed by atoms with van der Waals surface area (Å²) in [6.07, 6.45) is 0.269. The molecule has 5 nitrogen and oxygen atoms in total. The molecular formula is C14H19N3O2S. The van der Waals surface area contributed by atoms with Gasteiger partial charge in [-0.25, -0.2) is 4.98 Å². The molecule has 0 unspecified atom stereocenters. The molecule has 2 heterocycles. The molecule has 2 N–H and O–H groups in total. The maximum atomic E-state index is 12.4. The van der Waals surface area contributed by atoms with E-state index in [-0.39, 0.29) is 18.4 Å². The highest BCUT2D eigenvalue weighted by Crippen LogP contribution is 2.16. The van der Waals surface area contributed by atoms with Crippen LogP contribution in [0, 0.1) is 6.92 Å². The smallest absolute Gasteiger partial charge is 0.229 e. The molecule has 0 radical (unpaired) electrons. The van der Waals surface area contributed by atoms with E-state index in [0.29, 0.717) is 11.7 Å². The minimum Gasteiger partial charge on any atom is -0.464 e. The Balaban J connectivity index is 2.06. The summed E-state index contributed by atoms with van der Waals surface area (Å²) in [5, 5.41) is 2.31. The van der Waals surface area contributed by atoms with E-state index >= 15 is 0 Å². The van der Waals surface area contributed by atoms with E-state index in [2.05, 4.69) is 4.98 Å². The van der Waals surface area contributed by atoms with Crippen molar-refractivity contribution in [3.05, 3.63) is 34.7 Å². The third kappa shape index (κ3) is 3.60. The molecule has 6 heteroatoms. The molecule has 0 bridgehead atoms. The van der Waals surface area contributed by atoms with Crippen molar-refractivity contribution in [2.75, 3.05) is 5.73 Å². The second-order valence-electron chi connectivity index (χ2n) is 4.98. The zero-order valence-corrected chi connectivity index (χ0v) is 12.7. The van der Waals surface area contributed by atoms with Gasteiger partial charge >= 0.3 is 0 Å². The molecule has 0 aliphatic heterocycles. The van der Waals surface area contributed by atoms with Crippen LogP contribution in [0.4, 0.5) is 5.13 Å². The van der Waals surface area contributed by atoms with Gasteiger partial charge in [-0.15, -0.1) is 11.3 Å². The standard InChI is InChI=1S/C14H19N3O2S/c1-9(2)17(7-12-5-4-10(3)19-12)13(18)6-11-8-20-14(15)16-11/h4-5,8-9H,6-7H2,1-3H3,(H2,15,16). The number of carbonyl (C=O) groups is 1. The summed E-state index contributed by atoms with van der Waals surface area (Å²) in [5.74, 6) is 1.67. The van der Waals surface area contributed by atoms with Crippen LogP contribution in [0.3, 0.4) is 0 Å². The third-order valence-electron chi connectivity index (χ3n) is 2.97. The topological polar surface area (TPSA) is 72.4 Å². The Morgan fingerprint density at radius 1 is 1.50 bits per heavy atom. The van der Waals surface area contributed by atoms with Crippen molar-refractivity contribution in [1.29, 1.82) is 0 Å². The lowest BCUT2D eigenvalue weighted by Gasteiger charge is -2.25. The van der Waals surface area contributed by atoms with Crippen LogP contribution in [0.15, 0.2) is 21.9 Å². The molecule has 2 aromatic rings. The SMILES string of the molecule is Cc1ccc(CN(C(=O)Cc2csc(N)n2)C(C)C)o1. The largest absolute Gasteiger partial charge is 0.464 e. The van der Waals surface area contributed by atoms with Crippen LogP contribution in [0.2, 0.25) is 0 Å². The van der Waals surface area contributed by atoms with Gasteiger partial charge in [0.25, 0.3) is 0 Å². The van der Waals surface area contributed by atoms with Gasteiger partial charge in [-0.1, -0.05) is 0 Å². The summed E-state index contributed by atoms with van der Waals surface area (Å²) in [6.45, 7) is 6.35. The van der Waals surface area contributed by atoms with E-state index in [1.165, 1.54) is 11.3 Å². The summed E-state index contributed by atoms with van der Waals surface area (Å²) < 4.78 is 5.54. The number of aryl methyl sites for hydroxylation is 1. The van der Waals surface area contributed by atoms with E-state index in [4.69, 9.17) is 10.2 Å². The van der Waals surface area contributed by atoms with Crippen LogP contribution >= 0.6 is 11.3 Å². The Labute approximate surface area is 122 Å². The normalized spacial score (nSPS) is 11.0. The summed E-state index contributed by atoms with van der Waals surface area (Å²) in [5.41, 5.74) is 6.31. The van der Waals surface area contributed by atoms with Gasteiger partial charge in [-0.05, 0) is 32.9 Å². The van der Waals surface area contributed by atoms with E-state index in [1.54, 1.807) is 4.90 Å². The first-order valence-electron chi connectivity index (χ1n) is 6.50. The molecule has 1 amide bonds. The number of amides is 1. The van der Waals surface area contributed by atoms with Crippen LogP contribution in [-0.2, 0) is 17.8 Å². The molecule has 0 saturated carbocycles. The van der Waals surface area contributed by atoms with Crippen molar-refractivity contribution in [2.45, 2.75) is 39.8 Å². The van der Waals surface area contributed by atoms with Crippen LogP contribution in [0.1, 0.15) is 31.1 Å². The maximum absolute atomic E-state index is 12.4. The second kappa shape index (κ2) is 6.09. The molecule has 0 spiro atoms. The molecule has 2 rings (SSSR count). The Bertz CT molecular complexity index is 589. The van der Waals surface area contributed by atoms with Crippen LogP contribution < -0.4 is 5.73 Å². The van der Waals surface area contributed by atoms with Gasteiger partial charge in [-0.3, -0.25) is 4.79 Å². The molecule has 0 atom stereocenters. The highest BCUT2D eigenvalue weighted by atomic mass is 32.1. The fraction of sp³-hybridized carbons (Fsp3) is 0.429. The van der Waals surface area contributed by atoms with Gasteiger partial charge in [0, 0.05) is 11.4 Å². The minimum absolute atomic E-state index is 0.0272. The van der Waals surface area contributed by atoms with Crippen molar-refractivity contribution in [3.8, 4) is 0 Å². The number of hydrogen-bond donors (Lipinski definition) is 1. The number of rotatable bonds is 5. The Hall–Kier alpha value is -1.82. The summed E-state index contributed by atoms with van der Waals surface area (Å²) >= 11 is 1.35. The van der Waals surface area contributed by atoms with Crippen molar-refractivity contribution < 1.29 is 9.21 Å². The number of thiazole rings is 1. The second-order valence-corrected chi connectivity index (χ2v) is 5.87. The fourth-order valence-corrected chi connectivity index (χ4v) is 2.52. The summed E-state index contributed by atoms with van der Waals surface area (Å²) in [7, 11) is 0. The predicted octanol–water partition coefficient (Wildman–Crippen LogP) is 2.61. The lowest BCUT2D eigenvalue weighted by Crippen LogP contribution is -2.37. The van der Waals surface area contributed by atoms with Crippen LogP contribution in [0.25, 0.3) is 0 Å². The fourth-order valence-electron chi connectivity index (χ4n) is 1.96. The average molecular weight is 293 g/mol. The number of nitrogens with two attached hydrogens (primary N) is 1. The van der Waals surface area contributed by atoms with E-state index in [0.717, 1.165) is 17.2 Å². The van der Waals surface area contributed by atoms with Gasteiger partial charge in [0.05, 0.1) is 18.7 Å². The first-order valence-corrected chi connectivity index (χ1v) is 7.38. The lowest BCUT2D eigenvalue weighted by atomic mass is 10.2. The summed E-state index contributed by atoms with van der Waals surface area (Å²) in [6, 6.07) is 3.90. The van der Waals surface area contributed by atoms with Crippen molar-refractivity contribution >= 4 is 22.4 Å². The van der Waals surface area contributed by atoms with Gasteiger partial charge < -0.3 is 15.1 Å². The Morgan fingerprint density at radius 2 is 2.25 bits per heavy atom. The number of furan rings is 1. The van der Waals surface area contributed by atoms with Gasteiger partial charge in [-0.2, -0.15) is 0 Å². The van der Waals surface area contributed by atoms with Gasteiger partial charge in [0.1, 0.15) is 11.5 Å². The number of anilines is 1. The summed E-state index contributed by atoms with van der Waals surface area (Å²) in [4.78, 5) is 18.3. The molecule has 0 aromatic carbocycles. The number of hydrogen-bond acceptors (Lipinski definition) is 5. The number of nitrogen functional groups attached to an aromatic ring is 1. The third-order valence-corrected chi connectivity index (χ3v) is 3.69. The maximum Gasteiger partial charge on any atom is 0.229 e. The monoisotopic (exact) mass is 293 g/mol. The van der Waals surface area contributed by atoms with Crippen LogP contribution in [-0.4, -0.2) is 21.8 Å². The molecule has 0 aliphatic rings. The highest BCUT2D eigenvalue weighted by Gasteiger charge is 2.20. The van der Waals surface area contributed by atoms with Crippen molar-refractivity contribution in [2.24, 2.45) is 0 Å².